The zero-order chi connectivity index (χ0) is 13.1. The Morgan fingerprint density at radius 1 is 1.41 bits per heavy atom. The molecule has 0 spiro atoms. The highest BCUT2D eigenvalue weighted by Gasteiger charge is 2.30. The number of nitrogens with zero attached hydrogens (tertiary/aromatic N) is 1. The van der Waals surface area contributed by atoms with Crippen molar-refractivity contribution in [3.63, 3.8) is 0 Å². The van der Waals surface area contributed by atoms with Gasteiger partial charge in [-0.05, 0) is 24.3 Å². The molecule has 92 valence electrons. The van der Waals surface area contributed by atoms with E-state index in [1.165, 1.54) is 26.0 Å². The molecule has 0 saturated heterocycles. The standard InChI is InChI=1S/C11H14N2O4/c1-11(2,13(16)17)7-12-9-5-3-8(4-6-9)10(14)15/h3-6,12H,7H2,1-2H3,(H,14,15). The van der Waals surface area contributed by atoms with Crippen LogP contribution >= 0.6 is 0 Å². The summed E-state index contributed by atoms with van der Waals surface area (Å²) in [6.45, 7) is 3.21. The van der Waals surface area contributed by atoms with Crippen molar-refractivity contribution in [2.75, 3.05) is 11.9 Å². The average Bonchev–Trinajstić information content (AvgIpc) is 2.27. The minimum absolute atomic E-state index is 0.173. The maximum atomic E-state index is 10.7. The molecule has 2 N–H and O–H groups in total. The molecule has 0 atom stereocenters. The zero-order valence-corrected chi connectivity index (χ0v) is 9.64. The first kappa shape index (κ1) is 13.0. The van der Waals surface area contributed by atoms with E-state index in [2.05, 4.69) is 5.32 Å². The van der Waals surface area contributed by atoms with Crippen molar-refractivity contribution in [1.29, 1.82) is 0 Å². The largest absolute Gasteiger partial charge is 0.478 e. The molecular weight excluding hydrogens is 224 g/mol. The van der Waals surface area contributed by atoms with E-state index in [0.29, 0.717) is 5.69 Å². The third-order valence-corrected chi connectivity index (χ3v) is 2.35. The minimum atomic E-state index is -1.06. The van der Waals surface area contributed by atoms with Crippen LogP contribution in [0.5, 0.6) is 0 Å². The molecule has 0 saturated carbocycles. The second kappa shape index (κ2) is 4.82. The summed E-state index contributed by atoms with van der Waals surface area (Å²) in [7, 11) is 0. The molecule has 1 aromatic rings. The van der Waals surface area contributed by atoms with Crippen molar-refractivity contribution < 1.29 is 14.8 Å². The quantitative estimate of drug-likeness (QED) is 0.603. The van der Waals surface area contributed by atoms with Gasteiger partial charge in [0.25, 0.3) is 0 Å². The lowest BCUT2D eigenvalue weighted by atomic mass is 10.1. The van der Waals surface area contributed by atoms with Crippen molar-refractivity contribution >= 4 is 11.7 Å². The van der Waals surface area contributed by atoms with Crippen LogP contribution in [0.3, 0.4) is 0 Å². The fourth-order valence-corrected chi connectivity index (χ4v) is 1.11. The Balaban J connectivity index is 2.65. The van der Waals surface area contributed by atoms with Crippen LogP contribution in [0.15, 0.2) is 24.3 Å². The Hall–Kier alpha value is -2.11. The lowest BCUT2D eigenvalue weighted by Crippen LogP contribution is -2.38. The van der Waals surface area contributed by atoms with Crippen LogP contribution in [0.1, 0.15) is 24.2 Å². The number of aromatic carboxylic acids is 1. The number of benzene rings is 1. The molecule has 0 aliphatic rings. The molecule has 6 nitrogen and oxygen atoms in total. The van der Waals surface area contributed by atoms with Crippen LogP contribution in [0, 0.1) is 10.1 Å². The fraction of sp³-hybridized carbons (Fsp3) is 0.364. The molecule has 0 heterocycles. The van der Waals surface area contributed by atoms with E-state index in [4.69, 9.17) is 5.11 Å². The number of rotatable bonds is 5. The number of hydrogen-bond donors (Lipinski definition) is 2. The fourth-order valence-electron chi connectivity index (χ4n) is 1.11. The van der Waals surface area contributed by atoms with E-state index in [-0.39, 0.29) is 17.0 Å². The van der Waals surface area contributed by atoms with Gasteiger partial charge in [-0.25, -0.2) is 4.79 Å². The Labute approximate surface area is 98.4 Å². The van der Waals surface area contributed by atoms with E-state index >= 15 is 0 Å². The second-order valence-electron chi connectivity index (χ2n) is 4.31. The molecule has 0 amide bonds. The third kappa shape index (κ3) is 3.44. The minimum Gasteiger partial charge on any atom is -0.478 e. The van der Waals surface area contributed by atoms with Crippen molar-refractivity contribution in [2.45, 2.75) is 19.4 Å². The van der Waals surface area contributed by atoms with Crippen LogP contribution in [0.4, 0.5) is 5.69 Å². The van der Waals surface area contributed by atoms with Crippen LogP contribution in [-0.4, -0.2) is 28.1 Å². The molecule has 0 aliphatic carbocycles. The highest BCUT2D eigenvalue weighted by molar-refractivity contribution is 5.87. The van der Waals surface area contributed by atoms with Crippen molar-refractivity contribution in [3.8, 4) is 0 Å². The number of anilines is 1. The predicted molar refractivity (Wildman–Crippen MR) is 63.0 cm³/mol. The van der Waals surface area contributed by atoms with E-state index in [0.717, 1.165) is 0 Å². The SMILES string of the molecule is CC(C)(CNc1ccc(C(=O)O)cc1)[N+](=O)[O-]. The first-order valence-corrected chi connectivity index (χ1v) is 5.04. The van der Waals surface area contributed by atoms with Gasteiger partial charge in [0.2, 0.25) is 5.54 Å². The Morgan fingerprint density at radius 2 is 1.94 bits per heavy atom. The van der Waals surface area contributed by atoms with Crippen LogP contribution < -0.4 is 5.32 Å². The molecule has 0 bridgehead atoms. The average molecular weight is 238 g/mol. The molecule has 1 aromatic carbocycles. The van der Waals surface area contributed by atoms with Gasteiger partial charge in [0, 0.05) is 24.5 Å². The van der Waals surface area contributed by atoms with Crippen molar-refractivity contribution in [2.24, 2.45) is 0 Å². The molecular formula is C11H14N2O4. The van der Waals surface area contributed by atoms with Gasteiger partial charge in [0.1, 0.15) is 0 Å². The summed E-state index contributed by atoms with van der Waals surface area (Å²) in [5.41, 5.74) is -0.222. The predicted octanol–water partition coefficient (Wildman–Crippen LogP) is 1.85. The Morgan fingerprint density at radius 3 is 2.35 bits per heavy atom. The van der Waals surface area contributed by atoms with E-state index in [1.807, 2.05) is 0 Å². The lowest BCUT2D eigenvalue weighted by Gasteiger charge is -2.16. The van der Waals surface area contributed by atoms with Gasteiger partial charge in [0.05, 0.1) is 12.1 Å². The molecule has 0 unspecified atom stereocenters. The molecule has 0 radical (unpaired) electrons. The van der Waals surface area contributed by atoms with Gasteiger partial charge < -0.3 is 10.4 Å². The molecule has 6 heteroatoms. The zero-order valence-electron chi connectivity index (χ0n) is 9.64. The summed E-state index contributed by atoms with van der Waals surface area (Å²) in [5.74, 6) is -0.998. The topological polar surface area (TPSA) is 92.5 Å². The van der Waals surface area contributed by atoms with E-state index < -0.39 is 11.5 Å². The van der Waals surface area contributed by atoms with Crippen LogP contribution in [-0.2, 0) is 0 Å². The van der Waals surface area contributed by atoms with Crippen molar-refractivity contribution in [3.05, 3.63) is 39.9 Å². The monoisotopic (exact) mass is 238 g/mol. The lowest BCUT2D eigenvalue weighted by molar-refractivity contribution is -0.556. The Bertz CT molecular complexity index is 426. The number of carbonyl (C=O) groups is 1. The first-order valence-electron chi connectivity index (χ1n) is 5.04. The van der Waals surface area contributed by atoms with Gasteiger partial charge in [0.15, 0.2) is 0 Å². The van der Waals surface area contributed by atoms with Gasteiger partial charge in [-0.1, -0.05) is 0 Å². The summed E-state index contributed by atoms with van der Waals surface area (Å²) in [6.07, 6.45) is 0. The summed E-state index contributed by atoms with van der Waals surface area (Å²) >= 11 is 0. The first-order chi connectivity index (χ1) is 7.83. The van der Waals surface area contributed by atoms with Crippen LogP contribution in [0.2, 0.25) is 0 Å². The number of nitro groups is 1. The van der Waals surface area contributed by atoms with E-state index in [9.17, 15) is 14.9 Å². The molecule has 17 heavy (non-hydrogen) atoms. The summed E-state index contributed by atoms with van der Waals surface area (Å²) in [4.78, 5) is 20.9. The molecule has 1 rings (SSSR count). The third-order valence-electron chi connectivity index (χ3n) is 2.35. The van der Waals surface area contributed by atoms with Gasteiger partial charge in [-0.3, -0.25) is 10.1 Å². The summed E-state index contributed by atoms with van der Waals surface area (Å²) in [6, 6.07) is 6.06. The number of carboxylic acid groups (broad SMARTS) is 1. The van der Waals surface area contributed by atoms with Gasteiger partial charge in [-0.2, -0.15) is 0 Å². The smallest absolute Gasteiger partial charge is 0.335 e. The normalized spacial score (nSPS) is 10.9. The number of hydrogen-bond acceptors (Lipinski definition) is 4. The second-order valence-corrected chi connectivity index (χ2v) is 4.31. The maximum absolute atomic E-state index is 10.7. The Kier molecular flexibility index (Phi) is 3.67. The van der Waals surface area contributed by atoms with Gasteiger partial charge >= 0.3 is 5.97 Å². The van der Waals surface area contributed by atoms with Gasteiger partial charge in [-0.15, -0.1) is 0 Å². The summed E-state index contributed by atoms with van der Waals surface area (Å²) in [5, 5.41) is 22.3. The number of carboxylic acids is 1. The molecule has 0 fully saturated rings. The maximum Gasteiger partial charge on any atom is 0.335 e. The highest BCUT2D eigenvalue weighted by Crippen LogP contribution is 2.13. The molecule has 0 aromatic heterocycles. The summed E-state index contributed by atoms with van der Waals surface area (Å²) < 4.78 is 0. The van der Waals surface area contributed by atoms with Crippen molar-refractivity contribution in [1.82, 2.24) is 0 Å². The molecule has 0 aliphatic heterocycles. The van der Waals surface area contributed by atoms with Crippen LogP contribution in [0.25, 0.3) is 0 Å². The number of nitrogens with one attached hydrogen (secondary N) is 1. The highest BCUT2D eigenvalue weighted by atomic mass is 16.6. The van der Waals surface area contributed by atoms with E-state index in [1.54, 1.807) is 12.1 Å².